The van der Waals surface area contributed by atoms with E-state index in [-0.39, 0.29) is 0 Å². The van der Waals surface area contributed by atoms with Gasteiger partial charge in [-0.1, -0.05) is 61.9 Å². The smallest absolute Gasteiger partial charge is 0.124 e. The number of hydrogen-bond acceptors (Lipinski definition) is 2. The molecule has 2 heteroatoms. The monoisotopic (exact) mass is 297 g/mol. The van der Waals surface area contributed by atoms with Crippen LogP contribution in [-0.4, -0.2) is 6.54 Å². The molecule has 0 heterocycles. The van der Waals surface area contributed by atoms with Crippen LogP contribution < -0.4 is 10.1 Å². The molecule has 0 saturated heterocycles. The van der Waals surface area contributed by atoms with Gasteiger partial charge >= 0.3 is 0 Å². The van der Waals surface area contributed by atoms with Crippen LogP contribution in [0.15, 0.2) is 48.5 Å². The molecule has 22 heavy (non-hydrogen) atoms. The van der Waals surface area contributed by atoms with Gasteiger partial charge in [0.05, 0.1) is 0 Å². The molecule has 0 aliphatic carbocycles. The maximum Gasteiger partial charge on any atom is 0.124 e. The number of rotatable bonds is 8. The third-order valence-corrected chi connectivity index (χ3v) is 3.66. The van der Waals surface area contributed by atoms with E-state index in [4.69, 9.17) is 4.74 Å². The highest BCUT2D eigenvalue weighted by Gasteiger charge is 2.04. The second-order valence-electron chi connectivity index (χ2n) is 6.24. The quantitative estimate of drug-likeness (QED) is 0.712. The van der Waals surface area contributed by atoms with Crippen LogP contribution in [0.4, 0.5) is 0 Å². The average Bonchev–Trinajstić information content (AvgIpc) is 2.50. The summed E-state index contributed by atoms with van der Waals surface area (Å²) in [6, 6.07) is 16.7. The molecular weight excluding hydrogens is 270 g/mol. The first-order chi connectivity index (χ1) is 10.6. The first-order valence-corrected chi connectivity index (χ1v) is 8.12. The van der Waals surface area contributed by atoms with Crippen molar-refractivity contribution in [2.24, 2.45) is 5.92 Å². The average molecular weight is 297 g/mol. The molecule has 2 nitrogen and oxygen atoms in total. The van der Waals surface area contributed by atoms with Crippen molar-refractivity contribution in [3.05, 3.63) is 65.2 Å². The van der Waals surface area contributed by atoms with Gasteiger partial charge in [0, 0.05) is 12.1 Å². The number of aryl methyl sites for hydroxylation is 1. The minimum atomic E-state index is 0.616. The summed E-state index contributed by atoms with van der Waals surface area (Å²) in [6.45, 7) is 9.13. The Morgan fingerprint density at radius 2 is 1.86 bits per heavy atom. The van der Waals surface area contributed by atoms with Gasteiger partial charge in [0.2, 0.25) is 0 Å². The van der Waals surface area contributed by atoms with Gasteiger partial charge in [-0.25, -0.2) is 0 Å². The molecule has 2 aromatic rings. The Morgan fingerprint density at radius 3 is 2.64 bits per heavy atom. The number of ether oxygens (including phenoxy) is 1. The lowest BCUT2D eigenvalue weighted by molar-refractivity contribution is 0.302. The van der Waals surface area contributed by atoms with Gasteiger partial charge < -0.3 is 10.1 Å². The number of nitrogens with one attached hydrogen (secondary N) is 1. The van der Waals surface area contributed by atoms with E-state index in [1.807, 2.05) is 6.07 Å². The van der Waals surface area contributed by atoms with Gasteiger partial charge in [-0.05, 0) is 37.4 Å². The number of hydrogen-bond donors (Lipinski definition) is 1. The Morgan fingerprint density at radius 1 is 1.05 bits per heavy atom. The van der Waals surface area contributed by atoms with Gasteiger partial charge in [0.1, 0.15) is 12.4 Å². The van der Waals surface area contributed by atoms with E-state index in [9.17, 15) is 0 Å². The molecule has 0 atom stereocenters. The SMILES string of the molecule is Cc1cccc(COc2ccccc2CNCCC(C)C)c1. The lowest BCUT2D eigenvalue weighted by Crippen LogP contribution is -2.16. The predicted octanol–water partition coefficient (Wildman–Crippen LogP) is 4.71. The summed E-state index contributed by atoms with van der Waals surface area (Å²) in [5.41, 5.74) is 3.70. The van der Waals surface area contributed by atoms with Crippen LogP contribution in [0.2, 0.25) is 0 Å². The van der Waals surface area contributed by atoms with Crippen molar-refractivity contribution >= 4 is 0 Å². The van der Waals surface area contributed by atoms with Crippen molar-refractivity contribution in [3.63, 3.8) is 0 Å². The molecule has 0 radical (unpaired) electrons. The second kappa shape index (κ2) is 8.60. The van der Waals surface area contributed by atoms with Crippen molar-refractivity contribution < 1.29 is 4.74 Å². The van der Waals surface area contributed by atoms with Crippen molar-refractivity contribution in [1.29, 1.82) is 0 Å². The maximum atomic E-state index is 6.02. The zero-order valence-corrected chi connectivity index (χ0v) is 13.9. The summed E-state index contributed by atoms with van der Waals surface area (Å²) in [6.07, 6.45) is 1.20. The van der Waals surface area contributed by atoms with Gasteiger partial charge in [-0.15, -0.1) is 0 Å². The van der Waals surface area contributed by atoms with Crippen molar-refractivity contribution in [1.82, 2.24) is 5.32 Å². The minimum absolute atomic E-state index is 0.616. The van der Waals surface area contributed by atoms with E-state index >= 15 is 0 Å². The summed E-state index contributed by atoms with van der Waals surface area (Å²) in [5.74, 6) is 1.71. The van der Waals surface area contributed by atoms with Crippen LogP contribution in [-0.2, 0) is 13.2 Å². The summed E-state index contributed by atoms with van der Waals surface area (Å²) < 4.78 is 6.02. The molecule has 0 fully saturated rings. The van der Waals surface area contributed by atoms with E-state index in [0.29, 0.717) is 6.61 Å². The predicted molar refractivity (Wildman–Crippen MR) is 93.1 cm³/mol. The Kier molecular flexibility index (Phi) is 6.47. The first-order valence-electron chi connectivity index (χ1n) is 8.12. The standard InChI is InChI=1S/C20H27NO/c1-16(2)11-12-21-14-19-9-4-5-10-20(19)22-15-18-8-6-7-17(3)13-18/h4-10,13,16,21H,11-12,14-15H2,1-3H3. The topological polar surface area (TPSA) is 21.3 Å². The molecule has 0 amide bonds. The molecule has 1 N–H and O–H groups in total. The normalized spacial score (nSPS) is 10.9. The van der Waals surface area contributed by atoms with Gasteiger partial charge in [-0.3, -0.25) is 0 Å². The lowest BCUT2D eigenvalue weighted by atomic mass is 10.1. The fraction of sp³-hybridized carbons (Fsp3) is 0.400. The minimum Gasteiger partial charge on any atom is -0.489 e. The largest absolute Gasteiger partial charge is 0.489 e. The molecule has 2 rings (SSSR count). The highest BCUT2D eigenvalue weighted by molar-refractivity contribution is 5.33. The summed E-state index contributed by atoms with van der Waals surface area (Å²) in [5, 5.41) is 3.50. The van der Waals surface area contributed by atoms with Crippen LogP contribution in [0.1, 0.15) is 37.0 Å². The number of benzene rings is 2. The highest BCUT2D eigenvalue weighted by atomic mass is 16.5. The molecule has 2 aromatic carbocycles. The van der Waals surface area contributed by atoms with E-state index in [2.05, 4.69) is 68.6 Å². The lowest BCUT2D eigenvalue weighted by Gasteiger charge is -2.13. The third kappa shape index (κ3) is 5.53. The summed E-state index contributed by atoms with van der Waals surface area (Å²) >= 11 is 0. The van der Waals surface area contributed by atoms with Gasteiger partial charge in [0.15, 0.2) is 0 Å². The third-order valence-electron chi connectivity index (χ3n) is 3.66. The molecule has 118 valence electrons. The molecule has 0 spiro atoms. The Bertz CT molecular complexity index is 577. The summed E-state index contributed by atoms with van der Waals surface area (Å²) in [7, 11) is 0. The van der Waals surface area contributed by atoms with Crippen LogP contribution in [0.5, 0.6) is 5.75 Å². The molecule has 0 aliphatic heterocycles. The van der Waals surface area contributed by atoms with Crippen molar-refractivity contribution in [2.75, 3.05) is 6.54 Å². The van der Waals surface area contributed by atoms with Crippen molar-refractivity contribution in [3.8, 4) is 5.75 Å². The van der Waals surface area contributed by atoms with E-state index in [1.165, 1.54) is 23.1 Å². The van der Waals surface area contributed by atoms with Gasteiger partial charge in [0.25, 0.3) is 0 Å². The molecular formula is C20H27NO. The molecule has 0 aliphatic rings. The van der Waals surface area contributed by atoms with E-state index in [0.717, 1.165) is 24.8 Å². The second-order valence-corrected chi connectivity index (χ2v) is 6.24. The fourth-order valence-corrected chi connectivity index (χ4v) is 2.37. The Hall–Kier alpha value is -1.80. The highest BCUT2D eigenvalue weighted by Crippen LogP contribution is 2.19. The first kappa shape index (κ1) is 16.6. The molecule has 0 unspecified atom stereocenters. The van der Waals surface area contributed by atoms with Crippen molar-refractivity contribution in [2.45, 2.75) is 40.3 Å². The maximum absolute atomic E-state index is 6.02. The van der Waals surface area contributed by atoms with Crippen LogP contribution in [0.25, 0.3) is 0 Å². The van der Waals surface area contributed by atoms with Crippen LogP contribution in [0, 0.1) is 12.8 Å². The van der Waals surface area contributed by atoms with Gasteiger partial charge in [-0.2, -0.15) is 0 Å². The van der Waals surface area contributed by atoms with Crippen LogP contribution >= 0.6 is 0 Å². The molecule has 0 saturated carbocycles. The Balaban J connectivity index is 1.90. The van der Waals surface area contributed by atoms with Crippen LogP contribution in [0.3, 0.4) is 0 Å². The zero-order valence-electron chi connectivity index (χ0n) is 13.9. The molecule has 0 bridgehead atoms. The van der Waals surface area contributed by atoms with E-state index < -0.39 is 0 Å². The zero-order chi connectivity index (χ0) is 15.8. The fourth-order valence-electron chi connectivity index (χ4n) is 2.37. The summed E-state index contributed by atoms with van der Waals surface area (Å²) in [4.78, 5) is 0. The molecule has 0 aromatic heterocycles. The Labute approximate surface area is 134 Å². The number of para-hydroxylation sites is 1. The van der Waals surface area contributed by atoms with E-state index in [1.54, 1.807) is 0 Å².